The molecule has 1 rings (SSSR count). The van der Waals surface area contributed by atoms with E-state index in [2.05, 4.69) is 24.1 Å². The minimum Gasteiger partial charge on any atom is -0.372 e. The van der Waals surface area contributed by atoms with Gasteiger partial charge in [-0.25, -0.2) is 4.39 Å². The van der Waals surface area contributed by atoms with Crippen LogP contribution in [0.4, 0.5) is 10.1 Å². The lowest BCUT2D eigenvalue weighted by Crippen LogP contribution is -2.30. The topological polar surface area (TPSA) is 15.3 Å². The molecule has 0 bridgehead atoms. The van der Waals surface area contributed by atoms with Crippen LogP contribution >= 0.6 is 0 Å². The number of halogens is 1. The van der Waals surface area contributed by atoms with Gasteiger partial charge in [0.05, 0.1) is 0 Å². The average molecular weight is 252 g/mol. The van der Waals surface area contributed by atoms with Gasteiger partial charge >= 0.3 is 0 Å². The fourth-order valence-electron chi connectivity index (χ4n) is 2.15. The Morgan fingerprint density at radius 1 is 1.33 bits per heavy atom. The molecule has 0 saturated heterocycles. The second-order valence-corrected chi connectivity index (χ2v) is 4.77. The number of nitrogens with one attached hydrogen (secondary N) is 1. The van der Waals surface area contributed by atoms with Crippen molar-refractivity contribution in [1.29, 1.82) is 0 Å². The third kappa shape index (κ3) is 3.70. The molecular weight excluding hydrogens is 227 g/mol. The molecule has 0 saturated carbocycles. The number of benzene rings is 1. The Hall–Kier alpha value is -1.09. The van der Waals surface area contributed by atoms with Crippen LogP contribution in [0.1, 0.15) is 39.2 Å². The first kappa shape index (κ1) is 15.0. The molecule has 2 nitrogen and oxygen atoms in total. The van der Waals surface area contributed by atoms with Gasteiger partial charge in [-0.15, -0.1) is 0 Å². The Morgan fingerprint density at radius 2 is 2.06 bits per heavy atom. The van der Waals surface area contributed by atoms with Crippen molar-refractivity contribution in [2.75, 3.05) is 18.5 Å². The van der Waals surface area contributed by atoms with Crippen molar-refractivity contribution in [2.24, 2.45) is 0 Å². The summed E-state index contributed by atoms with van der Waals surface area (Å²) in [7, 11) is 2.05. The highest BCUT2D eigenvalue weighted by atomic mass is 19.1. The molecule has 1 unspecified atom stereocenters. The molecule has 1 aromatic carbocycles. The second-order valence-electron chi connectivity index (χ2n) is 4.77. The standard InChI is InChI=1S/C15H25FN2/c1-5-8-12(3)18(4)15-10-7-9-14(16)13(15)11-17-6-2/h7,9-10,12,17H,5-6,8,11H2,1-4H3. The van der Waals surface area contributed by atoms with Crippen molar-refractivity contribution in [2.45, 2.75) is 46.2 Å². The normalized spacial score (nSPS) is 12.5. The zero-order valence-corrected chi connectivity index (χ0v) is 12.0. The summed E-state index contributed by atoms with van der Waals surface area (Å²) in [5.74, 6) is -0.121. The van der Waals surface area contributed by atoms with Crippen LogP contribution in [0, 0.1) is 5.82 Å². The van der Waals surface area contributed by atoms with Gasteiger partial charge in [0, 0.05) is 30.9 Å². The monoisotopic (exact) mass is 252 g/mol. The van der Waals surface area contributed by atoms with Gasteiger partial charge < -0.3 is 10.2 Å². The van der Waals surface area contributed by atoms with Gasteiger partial charge in [-0.2, -0.15) is 0 Å². The molecule has 3 heteroatoms. The molecular formula is C15H25FN2. The summed E-state index contributed by atoms with van der Waals surface area (Å²) in [5.41, 5.74) is 1.77. The van der Waals surface area contributed by atoms with Crippen molar-refractivity contribution in [3.05, 3.63) is 29.6 Å². The van der Waals surface area contributed by atoms with Crippen molar-refractivity contribution < 1.29 is 4.39 Å². The van der Waals surface area contributed by atoms with Crippen LogP contribution in [0.2, 0.25) is 0 Å². The summed E-state index contributed by atoms with van der Waals surface area (Å²) in [5, 5.41) is 3.20. The smallest absolute Gasteiger partial charge is 0.129 e. The number of nitrogens with zero attached hydrogens (tertiary/aromatic N) is 1. The highest BCUT2D eigenvalue weighted by Crippen LogP contribution is 2.25. The van der Waals surface area contributed by atoms with Crippen molar-refractivity contribution in [3.8, 4) is 0 Å². The molecule has 0 aromatic heterocycles. The molecule has 0 fully saturated rings. The molecule has 102 valence electrons. The number of hydrogen-bond acceptors (Lipinski definition) is 2. The highest BCUT2D eigenvalue weighted by molar-refractivity contribution is 5.54. The lowest BCUT2D eigenvalue weighted by molar-refractivity contribution is 0.580. The van der Waals surface area contributed by atoms with E-state index in [1.54, 1.807) is 6.07 Å². The summed E-state index contributed by atoms with van der Waals surface area (Å²) in [4.78, 5) is 2.18. The van der Waals surface area contributed by atoms with Gasteiger partial charge in [0.25, 0.3) is 0 Å². The molecule has 18 heavy (non-hydrogen) atoms. The van der Waals surface area contributed by atoms with E-state index in [0.29, 0.717) is 12.6 Å². The zero-order valence-electron chi connectivity index (χ0n) is 12.0. The van der Waals surface area contributed by atoms with Crippen molar-refractivity contribution in [3.63, 3.8) is 0 Å². The SMILES string of the molecule is CCCC(C)N(C)c1cccc(F)c1CNCC. The lowest BCUT2D eigenvalue weighted by atomic mass is 10.1. The molecule has 0 aliphatic heterocycles. The Kier molecular flexibility index (Phi) is 6.13. The number of anilines is 1. The van der Waals surface area contributed by atoms with Gasteiger partial charge in [-0.1, -0.05) is 26.3 Å². The van der Waals surface area contributed by atoms with E-state index in [9.17, 15) is 4.39 Å². The summed E-state index contributed by atoms with van der Waals surface area (Å²) < 4.78 is 13.9. The first-order chi connectivity index (χ1) is 8.61. The van der Waals surface area contributed by atoms with Gasteiger partial charge in [0.1, 0.15) is 5.82 Å². The third-order valence-corrected chi connectivity index (χ3v) is 3.39. The third-order valence-electron chi connectivity index (χ3n) is 3.39. The minimum absolute atomic E-state index is 0.121. The second kappa shape index (κ2) is 7.37. The largest absolute Gasteiger partial charge is 0.372 e. The first-order valence-corrected chi connectivity index (χ1v) is 6.82. The van der Waals surface area contributed by atoms with E-state index in [-0.39, 0.29) is 5.82 Å². The van der Waals surface area contributed by atoms with Gasteiger partial charge in [-0.3, -0.25) is 0 Å². The average Bonchev–Trinajstić information content (AvgIpc) is 2.36. The molecule has 1 atom stereocenters. The fourth-order valence-corrected chi connectivity index (χ4v) is 2.15. The Balaban J connectivity index is 2.95. The maximum absolute atomic E-state index is 13.9. The number of hydrogen-bond donors (Lipinski definition) is 1. The van der Waals surface area contributed by atoms with E-state index >= 15 is 0 Å². The van der Waals surface area contributed by atoms with Gasteiger partial charge in [-0.05, 0) is 32.0 Å². The summed E-state index contributed by atoms with van der Waals surface area (Å²) in [6.45, 7) is 7.83. The minimum atomic E-state index is -0.121. The maximum atomic E-state index is 13.9. The summed E-state index contributed by atoms with van der Waals surface area (Å²) >= 11 is 0. The summed E-state index contributed by atoms with van der Waals surface area (Å²) in [6, 6.07) is 5.75. The van der Waals surface area contributed by atoms with Crippen LogP contribution in [0.3, 0.4) is 0 Å². The van der Waals surface area contributed by atoms with E-state index in [1.807, 2.05) is 20.0 Å². The van der Waals surface area contributed by atoms with Crippen LogP contribution in [0.15, 0.2) is 18.2 Å². The van der Waals surface area contributed by atoms with E-state index in [4.69, 9.17) is 0 Å². The predicted octanol–water partition coefficient (Wildman–Crippen LogP) is 3.56. The Bertz CT molecular complexity index is 366. The van der Waals surface area contributed by atoms with Gasteiger partial charge in [0.15, 0.2) is 0 Å². The quantitative estimate of drug-likeness (QED) is 0.798. The Morgan fingerprint density at radius 3 is 2.67 bits per heavy atom. The van der Waals surface area contributed by atoms with E-state index in [1.165, 1.54) is 6.07 Å². The van der Waals surface area contributed by atoms with Crippen LogP contribution in [-0.2, 0) is 6.54 Å². The zero-order chi connectivity index (χ0) is 13.5. The van der Waals surface area contributed by atoms with Crippen LogP contribution in [0.5, 0.6) is 0 Å². The highest BCUT2D eigenvalue weighted by Gasteiger charge is 2.15. The van der Waals surface area contributed by atoms with Crippen LogP contribution in [-0.4, -0.2) is 19.6 Å². The molecule has 0 spiro atoms. The molecule has 1 aromatic rings. The fraction of sp³-hybridized carbons (Fsp3) is 0.600. The van der Waals surface area contributed by atoms with Crippen LogP contribution < -0.4 is 10.2 Å². The Labute approximate surface area is 110 Å². The summed E-state index contributed by atoms with van der Waals surface area (Å²) in [6.07, 6.45) is 2.26. The molecule has 0 heterocycles. The number of rotatable bonds is 7. The first-order valence-electron chi connectivity index (χ1n) is 6.82. The molecule has 1 N–H and O–H groups in total. The van der Waals surface area contributed by atoms with Crippen LogP contribution in [0.25, 0.3) is 0 Å². The van der Waals surface area contributed by atoms with E-state index in [0.717, 1.165) is 30.6 Å². The lowest BCUT2D eigenvalue weighted by Gasteiger charge is -2.29. The maximum Gasteiger partial charge on any atom is 0.129 e. The van der Waals surface area contributed by atoms with E-state index < -0.39 is 0 Å². The molecule has 0 amide bonds. The molecule has 0 radical (unpaired) electrons. The van der Waals surface area contributed by atoms with Crippen molar-refractivity contribution in [1.82, 2.24) is 5.32 Å². The van der Waals surface area contributed by atoms with Crippen molar-refractivity contribution >= 4 is 5.69 Å². The predicted molar refractivity (Wildman–Crippen MR) is 76.6 cm³/mol. The van der Waals surface area contributed by atoms with Gasteiger partial charge in [0.2, 0.25) is 0 Å². The molecule has 0 aliphatic rings. The molecule has 0 aliphatic carbocycles.